The molecule has 0 radical (unpaired) electrons. The van der Waals surface area contributed by atoms with Crippen LogP contribution in [0.3, 0.4) is 0 Å². The van der Waals surface area contributed by atoms with E-state index in [2.05, 4.69) is 26.0 Å². The number of rotatable bonds is 13. The Balaban J connectivity index is 1.84. The fraction of sp³-hybridized carbons (Fsp3) is 0.424. The molecule has 3 atom stereocenters. The highest BCUT2D eigenvalue weighted by molar-refractivity contribution is 5.86. The van der Waals surface area contributed by atoms with E-state index in [-0.39, 0.29) is 19.0 Å². The van der Waals surface area contributed by atoms with Crippen LogP contribution in [0.4, 0.5) is 9.59 Å². The first-order chi connectivity index (χ1) is 21.3. The van der Waals surface area contributed by atoms with Crippen LogP contribution in [0.15, 0.2) is 73.2 Å². The van der Waals surface area contributed by atoms with Gasteiger partial charge in [-0.1, -0.05) is 68.4 Å². The number of ether oxygens (including phenoxy) is 2. The molecule has 3 rings (SSSR count). The van der Waals surface area contributed by atoms with Crippen molar-refractivity contribution in [3.05, 3.63) is 84.3 Å². The molecule has 3 amide bonds. The second kappa shape index (κ2) is 16.5. The van der Waals surface area contributed by atoms with Gasteiger partial charge in [0.05, 0.1) is 31.1 Å². The van der Waals surface area contributed by atoms with E-state index in [4.69, 9.17) is 9.47 Å². The van der Waals surface area contributed by atoms with Crippen molar-refractivity contribution >= 4 is 18.1 Å². The molecule has 12 nitrogen and oxygen atoms in total. The fourth-order valence-corrected chi connectivity index (χ4v) is 4.53. The van der Waals surface area contributed by atoms with Gasteiger partial charge >= 0.3 is 12.2 Å². The number of aromatic nitrogens is 2. The van der Waals surface area contributed by atoms with Crippen molar-refractivity contribution in [3.63, 3.8) is 0 Å². The number of carbonyl (C=O) groups excluding carboxylic acids is 3. The number of nitrogens with one attached hydrogen (secondary N) is 3. The molecule has 4 N–H and O–H groups in total. The molecule has 1 aromatic heterocycles. The molecule has 45 heavy (non-hydrogen) atoms. The molecule has 2 unspecified atom stereocenters. The molecule has 0 bridgehead atoms. The van der Waals surface area contributed by atoms with Gasteiger partial charge in [0.25, 0.3) is 0 Å². The standard InChI is InChI=1S/C33H44N6O6/c1-22(2)29(37-31(42)44-6)30(41)36-26(18-23-10-8-7-9-11-23)28(40)21-39(38-32(43)45-33(3,4)5)20-24-12-14-25(15-13-24)27-19-34-16-17-35-27/h7-17,19,22,26,28-29,40H,18,20-21H2,1-6H3,(H,36,41)(H,37,42)(H,38,43)/t26?,28?,29-/m0/s1. The van der Waals surface area contributed by atoms with Crippen molar-refractivity contribution in [1.29, 1.82) is 0 Å². The maximum absolute atomic E-state index is 13.4. The SMILES string of the molecule is COC(=O)N[C@H](C(=O)NC(Cc1ccccc1)C(O)CN(Cc1ccc(-c2cnccn2)cc1)NC(=O)OC(C)(C)C)C(C)C. The summed E-state index contributed by atoms with van der Waals surface area (Å²) in [7, 11) is 1.22. The Bertz CT molecular complexity index is 1370. The number of hydrogen-bond acceptors (Lipinski definition) is 9. The van der Waals surface area contributed by atoms with Crippen molar-refractivity contribution in [1.82, 2.24) is 31.0 Å². The largest absolute Gasteiger partial charge is 0.453 e. The van der Waals surface area contributed by atoms with Crippen molar-refractivity contribution in [2.45, 2.75) is 71.4 Å². The van der Waals surface area contributed by atoms with Crippen molar-refractivity contribution in [2.75, 3.05) is 13.7 Å². The molecule has 0 saturated carbocycles. The first kappa shape index (κ1) is 34.9. The fourth-order valence-electron chi connectivity index (χ4n) is 4.53. The quantitative estimate of drug-likeness (QED) is 0.209. The van der Waals surface area contributed by atoms with Gasteiger partial charge in [0.2, 0.25) is 5.91 Å². The minimum absolute atomic E-state index is 0.0558. The number of aliphatic hydroxyl groups excluding tert-OH is 1. The molecule has 0 aliphatic heterocycles. The number of benzene rings is 2. The summed E-state index contributed by atoms with van der Waals surface area (Å²) in [6.07, 6.45) is 2.64. The number of carbonyl (C=O) groups is 3. The first-order valence-corrected chi connectivity index (χ1v) is 14.8. The lowest BCUT2D eigenvalue weighted by Crippen LogP contribution is -2.57. The summed E-state index contributed by atoms with van der Waals surface area (Å²) in [5.41, 5.74) is 5.34. The Morgan fingerprint density at radius 1 is 0.933 bits per heavy atom. The van der Waals surface area contributed by atoms with E-state index in [1.807, 2.05) is 54.6 Å². The van der Waals surface area contributed by atoms with E-state index >= 15 is 0 Å². The van der Waals surface area contributed by atoms with Crippen molar-refractivity contribution in [3.8, 4) is 11.3 Å². The maximum atomic E-state index is 13.4. The lowest BCUT2D eigenvalue weighted by Gasteiger charge is -2.32. The highest BCUT2D eigenvalue weighted by Gasteiger charge is 2.31. The average molecular weight is 621 g/mol. The minimum atomic E-state index is -1.14. The van der Waals surface area contributed by atoms with Gasteiger partial charge in [0, 0.05) is 31.0 Å². The predicted molar refractivity (Wildman–Crippen MR) is 169 cm³/mol. The van der Waals surface area contributed by atoms with Crippen LogP contribution in [0.5, 0.6) is 0 Å². The lowest BCUT2D eigenvalue weighted by atomic mass is 9.98. The van der Waals surface area contributed by atoms with Crippen LogP contribution in [0.2, 0.25) is 0 Å². The lowest BCUT2D eigenvalue weighted by molar-refractivity contribution is -0.125. The van der Waals surface area contributed by atoms with Gasteiger partial charge in [-0.25, -0.2) is 14.6 Å². The zero-order valence-electron chi connectivity index (χ0n) is 26.7. The first-order valence-electron chi connectivity index (χ1n) is 14.8. The zero-order valence-corrected chi connectivity index (χ0v) is 26.7. The summed E-state index contributed by atoms with van der Waals surface area (Å²) in [5.74, 6) is -0.726. The number of methoxy groups -OCH3 is 1. The van der Waals surface area contributed by atoms with Gasteiger partial charge in [0.15, 0.2) is 0 Å². The van der Waals surface area contributed by atoms with E-state index < -0.39 is 41.9 Å². The molecular weight excluding hydrogens is 576 g/mol. The highest BCUT2D eigenvalue weighted by atomic mass is 16.6. The van der Waals surface area contributed by atoms with E-state index in [1.165, 1.54) is 7.11 Å². The molecule has 2 aromatic carbocycles. The zero-order chi connectivity index (χ0) is 33.0. The molecule has 1 heterocycles. The predicted octanol–water partition coefficient (Wildman–Crippen LogP) is 3.85. The normalized spacial score (nSPS) is 13.4. The Labute approximate surface area is 264 Å². The van der Waals surface area contributed by atoms with Crippen LogP contribution in [0, 0.1) is 5.92 Å². The Hall–Kier alpha value is -4.55. The molecule has 242 valence electrons. The van der Waals surface area contributed by atoms with E-state index in [0.717, 1.165) is 22.4 Å². The summed E-state index contributed by atoms with van der Waals surface area (Å²) in [5, 5.41) is 18.6. The van der Waals surface area contributed by atoms with Crippen LogP contribution in [-0.2, 0) is 27.2 Å². The van der Waals surface area contributed by atoms with Crippen molar-refractivity contribution in [2.24, 2.45) is 5.92 Å². The van der Waals surface area contributed by atoms with Gasteiger partial charge in [-0.05, 0) is 44.2 Å². The summed E-state index contributed by atoms with van der Waals surface area (Å²) < 4.78 is 10.2. The van der Waals surface area contributed by atoms with E-state index in [1.54, 1.807) is 58.2 Å². The molecule has 0 aliphatic rings. The van der Waals surface area contributed by atoms with Crippen LogP contribution >= 0.6 is 0 Å². The summed E-state index contributed by atoms with van der Waals surface area (Å²) in [6.45, 7) is 9.04. The Morgan fingerprint density at radius 3 is 2.20 bits per heavy atom. The van der Waals surface area contributed by atoms with Gasteiger partial charge in [0.1, 0.15) is 11.6 Å². The maximum Gasteiger partial charge on any atom is 0.422 e. The number of aliphatic hydroxyl groups is 1. The van der Waals surface area contributed by atoms with Gasteiger partial charge in [-0.2, -0.15) is 0 Å². The second-order valence-electron chi connectivity index (χ2n) is 12.0. The van der Waals surface area contributed by atoms with Gasteiger partial charge in [-0.15, -0.1) is 0 Å². The summed E-state index contributed by atoms with van der Waals surface area (Å²) in [4.78, 5) is 46.6. The Kier molecular flexibility index (Phi) is 12.8. The van der Waals surface area contributed by atoms with Crippen LogP contribution in [-0.4, -0.2) is 75.6 Å². The van der Waals surface area contributed by atoms with E-state index in [0.29, 0.717) is 6.42 Å². The molecule has 0 fully saturated rings. The summed E-state index contributed by atoms with van der Waals surface area (Å²) >= 11 is 0. The van der Waals surface area contributed by atoms with Crippen LogP contribution < -0.4 is 16.1 Å². The number of nitrogens with zero attached hydrogens (tertiary/aromatic N) is 3. The van der Waals surface area contributed by atoms with Crippen LogP contribution in [0.25, 0.3) is 11.3 Å². The number of amides is 3. The average Bonchev–Trinajstić information content (AvgIpc) is 2.99. The molecule has 0 saturated heterocycles. The minimum Gasteiger partial charge on any atom is -0.453 e. The van der Waals surface area contributed by atoms with Crippen LogP contribution in [0.1, 0.15) is 45.7 Å². The highest BCUT2D eigenvalue weighted by Crippen LogP contribution is 2.18. The topological polar surface area (TPSA) is 155 Å². The van der Waals surface area contributed by atoms with Gasteiger partial charge in [-0.3, -0.25) is 20.2 Å². The molecular formula is C33H44N6O6. The smallest absolute Gasteiger partial charge is 0.422 e. The third-order valence-electron chi connectivity index (χ3n) is 6.74. The number of hydrogen-bond donors (Lipinski definition) is 4. The summed E-state index contributed by atoms with van der Waals surface area (Å²) in [6, 6.07) is 15.3. The number of hydrazine groups is 1. The third-order valence-corrected chi connectivity index (χ3v) is 6.74. The van der Waals surface area contributed by atoms with E-state index in [9.17, 15) is 19.5 Å². The molecule has 0 aliphatic carbocycles. The molecule has 0 spiro atoms. The number of alkyl carbamates (subject to hydrolysis) is 1. The monoisotopic (exact) mass is 620 g/mol. The molecule has 3 aromatic rings. The third kappa shape index (κ3) is 11.8. The van der Waals surface area contributed by atoms with Crippen molar-refractivity contribution < 1.29 is 29.0 Å². The Morgan fingerprint density at radius 2 is 1.62 bits per heavy atom. The van der Waals surface area contributed by atoms with Gasteiger partial charge < -0.3 is 25.2 Å². The second-order valence-corrected chi connectivity index (χ2v) is 12.0. The molecule has 12 heteroatoms.